The molecule has 6 heteroatoms. The van der Waals surface area contributed by atoms with Crippen molar-refractivity contribution in [2.45, 2.75) is 64.5 Å². The summed E-state index contributed by atoms with van der Waals surface area (Å²) in [5, 5.41) is 0.851. The number of nitrogens with zero attached hydrogens (tertiary/aromatic N) is 1. The van der Waals surface area contributed by atoms with Crippen molar-refractivity contribution in [2.75, 3.05) is 13.8 Å². The van der Waals surface area contributed by atoms with Crippen molar-refractivity contribution in [3.8, 4) is 5.75 Å². The highest BCUT2D eigenvalue weighted by Crippen LogP contribution is 2.35. The molecule has 28 heavy (non-hydrogen) atoms. The van der Waals surface area contributed by atoms with Crippen LogP contribution in [-0.4, -0.2) is 30.8 Å². The van der Waals surface area contributed by atoms with E-state index in [4.69, 9.17) is 13.9 Å². The van der Waals surface area contributed by atoms with Crippen LogP contribution in [0.25, 0.3) is 11.0 Å². The standard InChI is InChI=1S/C22H27NO5/c1-14-16-9-10-19-18(21(16)28-22(25)17(14)11-20(24)26-2)12-23(13-27-19)15-7-5-3-4-6-8-15/h9-10,15H,3-8,11-13H2,1-2H3. The molecule has 0 atom stereocenters. The van der Waals surface area contributed by atoms with Crippen LogP contribution in [0.1, 0.15) is 55.2 Å². The van der Waals surface area contributed by atoms with Crippen molar-refractivity contribution in [2.24, 2.45) is 0 Å². The van der Waals surface area contributed by atoms with Gasteiger partial charge in [0.25, 0.3) is 0 Å². The lowest BCUT2D eigenvalue weighted by atomic mass is 9.99. The molecule has 0 N–H and O–H groups in total. The lowest BCUT2D eigenvalue weighted by molar-refractivity contribution is -0.139. The Labute approximate surface area is 164 Å². The Hall–Kier alpha value is -2.34. The van der Waals surface area contributed by atoms with Crippen LogP contribution in [0.3, 0.4) is 0 Å². The molecule has 0 bridgehead atoms. The van der Waals surface area contributed by atoms with Gasteiger partial charge in [0.1, 0.15) is 18.1 Å². The molecule has 0 unspecified atom stereocenters. The summed E-state index contributed by atoms with van der Waals surface area (Å²) in [6, 6.07) is 4.36. The Morgan fingerprint density at radius 3 is 2.68 bits per heavy atom. The van der Waals surface area contributed by atoms with Gasteiger partial charge in [0.05, 0.1) is 24.7 Å². The molecule has 2 heterocycles. The monoisotopic (exact) mass is 385 g/mol. The molecular formula is C22H27NO5. The van der Waals surface area contributed by atoms with Crippen molar-refractivity contribution in [3.63, 3.8) is 0 Å². The van der Waals surface area contributed by atoms with Crippen LogP contribution in [-0.2, 0) is 22.5 Å². The van der Waals surface area contributed by atoms with Gasteiger partial charge in [-0.05, 0) is 37.5 Å². The van der Waals surface area contributed by atoms with E-state index in [-0.39, 0.29) is 6.42 Å². The zero-order valence-corrected chi connectivity index (χ0v) is 16.6. The van der Waals surface area contributed by atoms with Gasteiger partial charge in [0.15, 0.2) is 0 Å². The van der Waals surface area contributed by atoms with E-state index in [9.17, 15) is 9.59 Å². The largest absolute Gasteiger partial charge is 0.478 e. The second-order valence-corrected chi connectivity index (χ2v) is 7.83. The number of hydrogen-bond acceptors (Lipinski definition) is 6. The van der Waals surface area contributed by atoms with Gasteiger partial charge in [-0.2, -0.15) is 0 Å². The first-order valence-corrected chi connectivity index (χ1v) is 10.1. The third-order valence-electron chi connectivity index (χ3n) is 6.15. The maximum Gasteiger partial charge on any atom is 0.340 e. The molecule has 6 nitrogen and oxygen atoms in total. The Morgan fingerprint density at radius 1 is 1.21 bits per heavy atom. The maximum absolute atomic E-state index is 12.6. The highest BCUT2D eigenvalue weighted by atomic mass is 16.5. The summed E-state index contributed by atoms with van der Waals surface area (Å²) in [7, 11) is 1.32. The van der Waals surface area contributed by atoms with Crippen LogP contribution in [0.4, 0.5) is 0 Å². The number of esters is 1. The summed E-state index contributed by atoms with van der Waals surface area (Å²) >= 11 is 0. The van der Waals surface area contributed by atoms with Crippen molar-refractivity contribution in [1.82, 2.24) is 4.90 Å². The molecule has 1 aromatic heterocycles. The first-order valence-electron chi connectivity index (χ1n) is 10.1. The molecule has 1 fully saturated rings. The molecule has 4 rings (SSSR count). The van der Waals surface area contributed by atoms with Crippen LogP contribution in [0.2, 0.25) is 0 Å². The van der Waals surface area contributed by atoms with Gasteiger partial charge in [-0.3, -0.25) is 9.69 Å². The normalized spacial score (nSPS) is 18.4. The zero-order chi connectivity index (χ0) is 19.7. The SMILES string of the molecule is COC(=O)Cc1c(C)c2ccc3c(c2oc1=O)CN(C1CCCCCC1)CO3. The number of aryl methyl sites for hydroxylation is 1. The van der Waals surface area contributed by atoms with Crippen molar-refractivity contribution in [3.05, 3.63) is 39.2 Å². The average Bonchev–Trinajstić information content (AvgIpc) is 3.00. The summed E-state index contributed by atoms with van der Waals surface area (Å²) in [4.78, 5) is 26.6. The minimum absolute atomic E-state index is 0.0810. The van der Waals surface area contributed by atoms with E-state index < -0.39 is 11.6 Å². The Kier molecular flexibility index (Phi) is 5.40. The van der Waals surface area contributed by atoms with E-state index in [2.05, 4.69) is 4.90 Å². The minimum Gasteiger partial charge on any atom is -0.478 e. The van der Waals surface area contributed by atoms with Crippen molar-refractivity contribution < 1.29 is 18.7 Å². The van der Waals surface area contributed by atoms with Gasteiger partial charge in [-0.25, -0.2) is 4.79 Å². The van der Waals surface area contributed by atoms with Crippen LogP contribution in [0.15, 0.2) is 21.3 Å². The summed E-state index contributed by atoms with van der Waals surface area (Å²) in [6.07, 6.45) is 7.43. The summed E-state index contributed by atoms with van der Waals surface area (Å²) in [5.41, 5.74) is 2.16. The van der Waals surface area contributed by atoms with Gasteiger partial charge < -0.3 is 13.9 Å². The van der Waals surface area contributed by atoms with E-state index in [1.165, 1.54) is 45.6 Å². The molecule has 150 valence electrons. The first-order chi connectivity index (χ1) is 13.6. The third-order valence-corrected chi connectivity index (χ3v) is 6.15. The number of ether oxygens (including phenoxy) is 2. The Morgan fingerprint density at radius 2 is 1.96 bits per heavy atom. The summed E-state index contributed by atoms with van der Waals surface area (Å²) < 4.78 is 16.4. The van der Waals surface area contributed by atoms with E-state index in [1.54, 1.807) is 0 Å². The number of carbonyl (C=O) groups is 1. The van der Waals surface area contributed by atoms with Gasteiger partial charge >= 0.3 is 11.6 Å². The number of carbonyl (C=O) groups excluding carboxylic acids is 1. The third kappa shape index (κ3) is 3.53. The molecule has 2 aromatic rings. The van der Waals surface area contributed by atoms with Crippen LogP contribution < -0.4 is 10.4 Å². The van der Waals surface area contributed by atoms with Gasteiger partial charge in [0.2, 0.25) is 0 Å². The molecule has 0 amide bonds. The lowest BCUT2D eigenvalue weighted by Crippen LogP contribution is -2.40. The quantitative estimate of drug-likeness (QED) is 0.456. The number of rotatable bonds is 3. The number of hydrogen-bond donors (Lipinski definition) is 0. The molecule has 1 aromatic carbocycles. The highest BCUT2D eigenvalue weighted by Gasteiger charge is 2.28. The molecule has 1 aliphatic carbocycles. The zero-order valence-electron chi connectivity index (χ0n) is 16.6. The van der Waals surface area contributed by atoms with Crippen LogP contribution >= 0.6 is 0 Å². The molecule has 1 aliphatic heterocycles. The smallest absolute Gasteiger partial charge is 0.340 e. The van der Waals surface area contributed by atoms with E-state index >= 15 is 0 Å². The predicted octanol–water partition coefficient (Wildman–Crippen LogP) is 3.69. The first kappa shape index (κ1) is 19.0. The number of benzene rings is 1. The van der Waals surface area contributed by atoms with Gasteiger partial charge in [0, 0.05) is 18.0 Å². The molecule has 2 aliphatic rings. The van der Waals surface area contributed by atoms with Crippen molar-refractivity contribution >= 4 is 16.9 Å². The molecule has 0 spiro atoms. The molecule has 0 saturated heterocycles. The maximum atomic E-state index is 12.6. The minimum atomic E-state index is -0.476. The summed E-state index contributed by atoms with van der Waals surface area (Å²) in [5.74, 6) is 0.330. The van der Waals surface area contributed by atoms with Gasteiger partial charge in [-0.1, -0.05) is 25.7 Å². The Balaban J connectivity index is 1.72. The topological polar surface area (TPSA) is 69.0 Å². The van der Waals surface area contributed by atoms with Crippen LogP contribution in [0, 0.1) is 6.92 Å². The Bertz CT molecular complexity index is 940. The van der Waals surface area contributed by atoms with E-state index in [0.29, 0.717) is 23.9 Å². The number of methoxy groups -OCH3 is 1. The van der Waals surface area contributed by atoms with Crippen molar-refractivity contribution in [1.29, 1.82) is 0 Å². The second kappa shape index (κ2) is 7.95. The fourth-order valence-corrected chi connectivity index (χ4v) is 4.46. The lowest BCUT2D eigenvalue weighted by Gasteiger charge is -2.35. The number of fused-ring (bicyclic) bond motifs is 3. The molecular weight excluding hydrogens is 358 g/mol. The fourth-order valence-electron chi connectivity index (χ4n) is 4.46. The van der Waals surface area contributed by atoms with Gasteiger partial charge in [-0.15, -0.1) is 0 Å². The summed E-state index contributed by atoms with van der Waals surface area (Å²) in [6.45, 7) is 3.15. The van der Waals surface area contributed by atoms with Crippen LogP contribution in [0.5, 0.6) is 5.75 Å². The fraction of sp³-hybridized carbons (Fsp3) is 0.545. The molecule has 0 radical (unpaired) electrons. The second-order valence-electron chi connectivity index (χ2n) is 7.83. The predicted molar refractivity (Wildman–Crippen MR) is 105 cm³/mol. The van der Waals surface area contributed by atoms with E-state index in [0.717, 1.165) is 28.8 Å². The molecule has 1 saturated carbocycles. The highest BCUT2D eigenvalue weighted by molar-refractivity contribution is 5.87. The van der Waals surface area contributed by atoms with E-state index in [1.807, 2.05) is 19.1 Å². The average molecular weight is 385 g/mol.